The van der Waals surface area contributed by atoms with Crippen molar-refractivity contribution in [3.05, 3.63) is 47.0 Å². The first-order valence-corrected chi connectivity index (χ1v) is 12.4. The van der Waals surface area contributed by atoms with Gasteiger partial charge in [0.05, 0.1) is 0 Å². The minimum atomic E-state index is 0.160. The van der Waals surface area contributed by atoms with Crippen molar-refractivity contribution in [1.82, 2.24) is 0 Å². The van der Waals surface area contributed by atoms with Crippen LogP contribution in [0.3, 0.4) is 0 Å². The summed E-state index contributed by atoms with van der Waals surface area (Å²) >= 11 is 0. The van der Waals surface area contributed by atoms with Crippen molar-refractivity contribution in [3.8, 4) is 0 Å². The summed E-state index contributed by atoms with van der Waals surface area (Å²) in [6, 6.07) is 11.2. The predicted octanol–water partition coefficient (Wildman–Crippen LogP) is 8.94. The SMILES string of the molecule is CCCCCCCCCCCCCCCC(N)c1c(C)c(C)cc2ccccc12. The molecular weight excluding hydrogens is 350 g/mol. The number of rotatable bonds is 15. The number of unbranched alkanes of at least 4 members (excludes halogenated alkanes) is 12. The fourth-order valence-electron chi connectivity index (χ4n) is 4.63. The van der Waals surface area contributed by atoms with Crippen LogP contribution in [0.1, 0.15) is 120 Å². The molecule has 0 amide bonds. The Balaban J connectivity index is 1.61. The molecule has 0 aliphatic carbocycles. The third-order valence-electron chi connectivity index (χ3n) is 6.61. The Morgan fingerprint density at radius 1 is 0.724 bits per heavy atom. The van der Waals surface area contributed by atoms with Gasteiger partial charge in [0.1, 0.15) is 0 Å². The van der Waals surface area contributed by atoms with Crippen LogP contribution in [0, 0.1) is 13.8 Å². The molecule has 0 spiro atoms. The molecule has 0 saturated heterocycles. The topological polar surface area (TPSA) is 26.0 Å². The molecule has 0 saturated carbocycles. The molecule has 2 aromatic carbocycles. The molecule has 29 heavy (non-hydrogen) atoms. The molecule has 2 aromatic rings. The van der Waals surface area contributed by atoms with Crippen molar-refractivity contribution in [3.63, 3.8) is 0 Å². The second kappa shape index (κ2) is 13.8. The Kier molecular flexibility index (Phi) is 11.4. The van der Waals surface area contributed by atoms with E-state index in [2.05, 4.69) is 51.1 Å². The lowest BCUT2D eigenvalue weighted by molar-refractivity contribution is 0.522. The molecule has 0 aliphatic rings. The summed E-state index contributed by atoms with van der Waals surface area (Å²) in [5, 5.41) is 2.67. The average molecular weight is 396 g/mol. The summed E-state index contributed by atoms with van der Waals surface area (Å²) in [4.78, 5) is 0. The second-order valence-electron chi connectivity index (χ2n) is 9.09. The first kappa shape index (κ1) is 23.9. The molecule has 1 nitrogen and oxygen atoms in total. The van der Waals surface area contributed by atoms with Crippen LogP contribution in [0.15, 0.2) is 30.3 Å². The number of benzene rings is 2. The van der Waals surface area contributed by atoms with Gasteiger partial charge in [0.25, 0.3) is 0 Å². The lowest BCUT2D eigenvalue weighted by Gasteiger charge is -2.19. The van der Waals surface area contributed by atoms with Crippen LogP contribution < -0.4 is 5.73 Å². The first-order valence-electron chi connectivity index (χ1n) is 12.4. The van der Waals surface area contributed by atoms with E-state index in [1.54, 1.807) is 0 Å². The molecule has 1 atom stereocenters. The minimum absolute atomic E-state index is 0.160. The average Bonchev–Trinajstić information content (AvgIpc) is 2.72. The van der Waals surface area contributed by atoms with Gasteiger partial charge in [-0.25, -0.2) is 0 Å². The van der Waals surface area contributed by atoms with E-state index in [0.29, 0.717) is 0 Å². The molecule has 2 N–H and O–H groups in total. The van der Waals surface area contributed by atoms with Gasteiger partial charge in [-0.15, -0.1) is 0 Å². The Labute approximate surface area is 180 Å². The fourth-order valence-corrected chi connectivity index (χ4v) is 4.63. The highest BCUT2D eigenvalue weighted by Gasteiger charge is 2.14. The summed E-state index contributed by atoms with van der Waals surface area (Å²) < 4.78 is 0. The van der Waals surface area contributed by atoms with E-state index in [9.17, 15) is 0 Å². The highest BCUT2D eigenvalue weighted by molar-refractivity contribution is 5.88. The van der Waals surface area contributed by atoms with Gasteiger partial charge >= 0.3 is 0 Å². The Morgan fingerprint density at radius 2 is 1.24 bits per heavy atom. The van der Waals surface area contributed by atoms with E-state index in [1.165, 1.54) is 111 Å². The molecule has 0 bridgehead atoms. The standard InChI is InChI=1S/C28H45N/c1-4-5-6-7-8-9-10-11-12-13-14-15-16-21-27(29)28-24(3)23(2)22-25-19-17-18-20-26(25)28/h17-20,22,27H,4-16,21,29H2,1-3H3. The van der Waals surface area contributed by atoms with Gasteiger partial charge in [-0.2, -0.15) is 0 Å². The van der Waals surface area contributed by atoms with Gasteiger partial charge in [-0.3, -0.25) is 0 Å². The van der Waals surface area contributed by atoms with Crippen molar-refractivity contribution in [2.75, 3.05) is 0 Å². The normalized spacial score (nSPS) is 12.6. The van der Waals surface area contributed by atoms with Crippen molar-refractivity contribution >= 4 is 10.8 Å². The third kappa shape index (κ3) is 8.13. The van der Waals surface area contributed by atoms with Crippen LogP contribution in [0.2, 0.25) is 0 Å². The monoisotopic (exact) mass is 395 g/mol. The molecule has 0 aromatic heterocycles. The van der Waals surface area contributed by atoms with E-state index < -0.39 is 0 Å². The van der Waals surface area contributed by atoms with Crippen molar-refractivity contribution in [1.29, 1.82) is 0 Å². The van der Waals surface area contributed by atoms with Gasteiger partial charge in [-0.05, 0) is 47.7 Å². The highest BCUT2D eigenvalue weighted by Crippen LogP contribution is 2.31. The smallest absolute Gasteiger partial charge is 0.0303 e. The van der Waals surface area contributed by atoms with Gasteiger partial charge in [-0.1, -0.05) is 121 Å². The largest absolute Gasteiger partial charge is 0.324 e. The number of fused-ring (bicyclic) bond motifs is 1. The Hall–Kier alpha value is -1.34. The predicted molar refractivity (Wildman–Crippen MR) is 131 cm³/mol. The van der Waals surface area contributed by atoms with Crippen LogP contribution >= 0.6 is 0 Å². The van der Waals surface area contributed by atoms with Crippen LogP contribution in [0.25, 0.3) is 10.8 Å². The lowest BCUT2D eigenvalue weighted by Crippen LogP contribution is -2.13. The van der Waals surface area contributed by atoms with Crippen LogP contribution in [0.4, 0.5) is 0 Å². The van der Waals surface area contributed by atoms with Crippen molar-refractivity contribution in [2.24, 2.45) is 5.73 Å². The molecule has 2 rings (SSSR count). The van der Waals surface area contributed by atoms with Crippen LogP contribution in [-0.4, -0.2) is 0 Å². The van der Waals surface area contributed by atoms with Gasteiger partial charge in [0.2, 0.25) is 0 Å². The van der Waals surface area contributed by atoms with Gasteiger partial charge in [0, 0.05) is 6.04 Å². The summed E-state index contributed by atoms with van der Waals surface area (Å²) in [6.45, 7) is 6.74. The molecule has 0 radical (unpaired) electrons. The highest BCUT2D eigenvalue weighted by atomic mass is 14.6. The molecule has 0 fully saturated rings. The fraction of sp³-hybridized carbons (Fsp3) is 0.643. The second-order valence-corrected chi connectivity index (χ2v) is 9.09. The van der Waals surface area contributed by atoms with E-state index in [1.807, 2.05) is 0 Å². The first-order chi connectivity index (χ1) is 14.1. The molecule has 0 heterocycles. The number of hydrogen-bond donors (Lipinski definition) is 1. The zero-order valence-electron chi connectivity index (χ0n) is 19.4. The maximum atomic E-state index is 6.67. The quantitative estimate of drug-likeness (QED) is 0.299. The van der Waals surface area contributed by atoms with Gasteiger partial charge < -0.3 is 5.73 Å². The maximum absolute atomic E-state index is 6.67. The van der Waals surface area contributed by atoms with Crippen molar-refractivity contribution in [2.45, 2.75) is 117 Å². The summed E-state index contributed by atoms with van der Waals surface area (Å²) in [5.41, 5.74) is 10.8. The summed E-state index contributed by atoms with van der Waals surface area (Å²) in [5.74, 6) is 0. The van der Waals surface area contributed by atoms with E-state index in [0.717, 1.165) is 6.42 Å². The number of nitrogens with two attached hydrogens (primary N) is 1. The molecule has 0 aliphatic heterocycles. The Morgan fingerprint density at radius 3 is 1.83 bits per heavy atom. The van der Waals surface area contributed by atoms with E-state index in [4.69, 9.17) is 5.73 Å². The summed E-state index contributed by atoms with van der Waals surface area (Å²) in [6.07, 6.45) is 19.3. The Bertz CT molecular complexity index is 703. The zero-order valence-corrected chi connectivity index (χ0v) is 19.4. The zero-order chi connectivity index (χ0) is 20.9. The van der Waals surface area contributed by atoms with Crippen LogP contribution in [-0.2, 0) is 0 Å². The van der Waals surface area contributed by atoms with Gasteiger partial charge in [0.15, 0.2) is 0 Å². The minimum Gasteiger partial charge on any atom is -0.324 e. The van der Waals surface area contributed by atoms with Crippen molar-refractivity contribution < 1.29 is 0 Å². The molecule has 162 valence electrons. The summed E-state index contributed by atoms with van der Waals surface area (Å²) in [7, 11) is 0. The molecular formula is C28H45N. The molecule has 1 heteroatoms. The number of hydrogen-bond acceptors (Lipinski definition) is 1. The number of aryl methyl sites for hydroxylation is 1. The lowest BCUT2D eigenvalue weighted by atomic mass is 9.89. The maximum Gasteiger partial charge on any atom is 0.0303 e. The van der Waals surface area contributed by atoms with Crippen LogP contribution in [0.5, 0.6) is 0 Å². The third-order valence-corrected chi connectivity index (χ3v) is 6.61. The van der Waals surface area contributed by atoms with E-state index >= 15 is 0 Å². The van der Waals surface area contributed by atoms with E-state index in [-0.39, 0.29) is 6.04 Å². The molecule has 1 unspecified atom stereocenters.